The molecular formula is C19H16N8OS2. The van der Waals surface area contributed by atoms with Gasteiger partial charge in [-0.25, -0.2) is 15.0 Å². The number of amides is 1. The maximum Gasteiger partial charge on any atom is 0.273 e. The fourth-order valence-electron chi connectivity index (χ4n) is 3.22. The van der Waals surface area contributed by atoms with Crippen molar-refractivity contribution in [2.75, 3.05) is 12.4 Å². The summed E-state index contributed by atoms with van der Waals surface area (Å²) in [6.07, 6.45) is 1.78. The molecule has 0 bridgehead atoms. The van der Waals surface area contributed by atoms with Crippen LogP contribution in [0.3, 0.4) is 0 Å². The molecule has 30 heavy (non-hydrogen) atoms. The minimum absolute atomic E-state index is 0.239. The summed E-state index contributed by atoms with van der Waals surface area (Å²) in [4.78, 5) is 26.0. The molecule has 0 spiro atoms. The number of imidazole rings is 1. The Bertz CT molecular complexity index is 1370. The van der Waals surface area contributed by atoms with Crippen LogP contribution in [0.1, 0.15) is 16.1 Å². The van der Waals surface area contributed by atoms with Crippen LogP contribution in [0.5, 0.6) is 0 Å². The molecule has 0 radical (unpaired) electrons. The van der Waals surface area contributed by atoms with Gasteiger partial charge in [0, 0.05) is 31.6 Å². The van der Waals surface area contributed by atoms with E-state index < -0.39 is 0 Å². The molecule has 0 atom stereocenters. The zero-order chi connectivity index (χ0) is 20.7. The molecule has 0 unspecified atom stereocenters. The third kappa shape index (κ3) is 3.17. The summed E-state index contributed by atoms with van der Waals surface area (Å²) in [5, 5.41) is 12.2. The molecule has 1 aromatic carbocycles. The van der Waals surface area contributed by atoms with Gasteiger partial charge in [-0.05, 0) is 23.2 Å². The molecule has 9 nitrogen and oxygen atoms in total. The van der Waals surface area contributed by atoms with Crippen LogP contribution in [-0.2, 0) is 13.6 Å². The van der Waals surface area contributed by atoms with Crippen molar-refractivity contribution in [2.45, 2.75) is 6.54 Å². The predicted octanol–water partition coefficient (Wildman–Crippen LogP) is 3.07. The second-order valence-electron chi connectivity index (χ2n) is 6.61. The third-order valence-corrected chi connectivity index (χ3v) is 6.26. The molecule has 0 aliphatic heterocycles. The highest BCUT2D eigenvalue weighted by molar-refractivity contribution is 7.22. The lowest BCUT2D eigenvalue weighted by Gasteiger charge is -2.05. The number of thiazole rings is 1. The largest absolute Gasteiger partial charge is 0.371 e. The minimum Gasteiger partial charge on any atom is -0.371 e. The molecule has 0 aliphatic carbocycles. The van der Waals surface area contributed by atoms with Gasteiger partial charge in [0.1, 0.15) is 15.2 Å². The number of aromatic nitrogens is 6. The summed E-state index contributed by atoms with van der Waals surface area (Å²) >= 11 is 2.73. The number of pyridine rings is 1. The average Bonchev–Trinajstić information content (AvgIpc) is 3.51. The molecule has 11 heteroatoms. The van der Waals surface area contributed by atoms with Gasteiger partial charge in [0.2, 0.25) is 0 Å². The first-order chi connectivity index (χ1) is 14.6. The maximum absolute atomic E-state index is 12.1. The van der Waals surface area contributed by atoms with E-state index in [0.29, 0.717) is 23.7 Å². The van der Waals surface area contributed by atoms with Crippen LogP contribution in [0.15, 0.2) is 36.0 Å². The molecule has 2 N–H and O–H groups in total. The monoisotopic (exact) mass is 436 g/mol. The zero-order valence-electron chi connectivity index (χ0n) is 16.1. The van der Waals surface area contributed by atoms with E-state index in [2.05, 4.69) is 30.2 Å². The van der Waals surface area contributed by atoms with Gasteiger partial charge in [0.15, 0.2) is 17.2 Å². The average molecular weight is 437 g/mol. The Morgan fingerprint density at radius 1 is 1.27 bits per heavy atom. The molecule has 0 saturated heterocycles. The van der Waals surface area contributed by atoms with Crippen LogP contribution < -0.4 is 10.6 Å². The first-order valence-corrected chi connectivity index (χ1v) is 10.7. The second kappa shape index (κ2) is 7.43. The van der Waals surface area contributed by atoms with Gasteiger partial charge in [-0.2, -0.15) is 0 Å². The Morgan fingerprint density at radius 2 is 2.17 bits per heavy atom. The molecule has 5 aromatic rings. The Balaban J connectivity index is 1.48. The van der Waals surface area contributed by atoms with Crippen molar-refractivity contribution in [1.29, 1.82) is 0 Å². The SMILES string of the molecule is CNc1nc2nc(-c3cccc(CNC(=O)c4csnn4)c3)sc2c2c1ncn2C. The van der Waals surface area contributed by atoms with Gasteiger partial charge in [0.25, 0.3) is 5.91 Å². The summed E-state index contributed by atoms with van der Waals surface area (Å²) in [5.74, 6) is 0.472. The lowest BCUT2D eigenvalue weighted by molar-refractivity contribution is 0.0946. The van der Waals surface area contributed by atoms with Crippen molar-refractivity contribution in [3.8, 4) is 10.6 Å². The van der Waals surface area contributed by atoms with Crippen LogP contribution >= 0.6 is 22.9 Å². The van der Waals surface area contributed by atoms with Crippen molar-refractivity contribution in [3.63, 3.8) is 0 Å². The standard InChI is InChI=1S/C19H16N8OS2/c1-20-16-13-14(27(2)9-22-13)15-17(23-16)24-19(30-15)11-5-3-4-10(6-11)7-21-18(28)12-8-29-26-25-12/h3-6,8-9H,7H2,1-2H3,(H,20,23)(H,21,28). The van der Waals surface area contributed by atoms with Gasteiger partial charge in [-0.3, -0.25) is 4.79 Å². The number of carbonyl (C=O) groups excluding carboxylic acids is 1. The number of rotatable bonds is 5. The molecular weight excluding hydrogens is 420 g/mol. The predicted molar refractivity (Wildman–Crippen MR) is 118 cm³/mol. The second-order valence-corrected chi connectivity index (χ2v) is 8.22. The molecule has 4 heterocycles. The summed E-state index contributed by atoms with van der Waals surface area (Å²) in [6.45, 7) is 0.392. The highest BCUT2D eigenvalue weighted by atomic mass is 32.1. The van der Waals surface area contributed by atoms with Gasteiger partial charge in [-0.1, -0.05) is 22.7 Å². The van der Waals surface area contributed by atoms with Crippen molar-refractivity contribution in [3.05, 3.63) is 47.2 Å². The van der Waals surface area contributed by atoms with Crippen LogP contribution in [0.25, 0.3) is 32.0 Å². The number of nitrogens with one attached hydrogen (secondary N) is 2. The molecule has 0 aliphatic rings. The van der Waals surface area contributed by atoms with Crippen LogP contribution in [0.2, 0.25) is 0 Å². The normalized spacial score (nSPS) is 11.3. The molecule has 0 saturated carbocycles. The highest BCUT2D eigenvalue weighted by Gasteiger charge is 2.17. The molecule has 4 aromatic heterocycles. The quantitative estimate of drug-likeness (QED) is 0.436. The maximum atomic E-state index is 12.1. The number of benzene rings is 1. The lowest BCUT2D eigenvalue weighted by Crippen LogP contribution is -2.23. The van der Waals surface area contributed by atoms with Gasteiger partial charge in [0.05, 0.1) is 11.8 Å². The van der Waals surface area contributed by atoms with Gasteiger partial charge < -0.3 is 15.2 Å². The van der Waals surface area contributed by atoms with Crippen LogP contribution in [-0.4, -0.2) is 42.1 Å². The molecule has 5 rings (SSSR count). The lowest BCUT2D eigenvalue weighted by atomic mass is 10.1. The number of fused-ring (bicyclic) bond motifs is 3. The number of anilines is 1. The Kier molecular flexibility index (Phi) is 4.60. The Hall–Kier alpha value is -3.44. The van der Waals surface area contributed by atoms with Gasteiger partial charge >= 0.3 is 0 Å². The Labute approximate surface area is 179 Å². The number of hydrogen-bond donors (Lipinski definition) is 2. The van der Waals surface area contributed by atoms with E-state index in [1.807, 2.05) is 42.9 Å². The van der Waals surface area contributed by atoms with E-state index in [1.54, 1.807) is 23.0 Å². The number of carbonyl (C=O) groups is 1. The minimum atomic E-state index is -0.239. The first-order valence-electron chi connectivity index (χ1n) is 9.08. The molecule has 150 valence electrons. The molecule has 0 fully saturated rings. The summed E-state index contributed by atoms with van der Waals surface area (Å²) in [5.41, 5.74) is 4.79. The highest BCUT2D eigenvalue weighted by Crippen LogP contribution is 2.36. The molecule has 1 amide bonds. The smallest absolute Gasteiger partial charge is 0.273 e. The third-order valence-electron chi connectivity index (χ3n) is 4.66. The summed E-state index contributed by atoms with van der Waals surface area (Å²) < 4.78 is 6.70. The number of hydrogen-bond acceptors (Lipinski definition) is 9. The van der Waals surface area contributed by atoms with E-state index in [1.165, 1.54) is 0 Å². The fourth-order valence-corrected chi connectivity index (χ4v) is 4.75. The Morgan fingerprint density at radius 3 is 2.97 bits per heavy atom. The topological polar surface area (TPSA) is 111 Å². The number of nitrogens with zero attached hydrogens (tertiary/aromatic N) is 6. The van der Waals surface area contributed by atoms with E-state index in [0.717, 1.165) is 43.4 Å². The van der Waals surface area contributed by atoms with Crippen molar-refractivity contribution in [1.82, 2.24) is 34.4 Å². The van der Waals surface area contributed by atoms with E-state index in [9.17, 15) is 4.79 Å². The fraction of sp³-hybridized carbons (Fsp3) is 0.158. The van der Waals surface area contributed by atoms with E-state index in [-0.39, 0.29) is 5.91 Å². The summed E-state index contributed by atoms with van der Waals surface area (Å²) in [7, 11) is 3.80. The van der Waals surface area contributed by atoms with E-state index >= 15 is 0 Å². The first kappa shape index (κ1) is 18.6. The zero-order valence-corrected chi connectivity index (χ0v) is 17.7. The van der Waals surface area contributed by atoms with Crippen molar-refractivity contribution < 1.29 is 4.79 Å². The van der Waals surface area contributed by atoms with Gasteiger partial charge in [-0.15, -0.1) is 16.4 Å². The number of aryl methyl sites for hydroxylation is 1. The van der Waals surface area contributed by atoms with Crippen molar-refractivity contribution >= 4 is 56.0 Å². The van der Waals surface area contributed by atoms with E-state index in [4.69, 9.17) is 4.98 Å². The van der Waals surface area contributed by atoms with Crippen LogP contribution in [0.4, 0.5) is 5.82 Å². The van der Waals surface area contributed by atoms with Crippen molar-refractivity contribution in [2.24, 2.45) is 7.05 Å². The van der Waals surface area contributed by atoms with Crippen LogP contribution in [0, 0.1) is 0 Å². The summed E-state index contributed by atoms with van der Waals surface area (Å²) in [6, 6.07) is 7.95.